The number of nitrogens with zero attached hydrogens (tertiary/aromatic N) is 3. The molecule has 3 aromatic rings. The van der Waals surface area contributed by atoms with Gasteiger partial charge in [-0.15, -0.1) is 0 Å². The molecule has 0 radical (unpaired) electrons. The topological polar surface area (TPSA) is 77.4 Å². The van der Waals surface area contributed by atoms with Crippen molar-refractivity contribution in [3.05, 3.63) is 64.4 Å². The SMILES string of the molecule is N#Cc1ccc(CNc2cccc(-c3nc[nH]n3)c2)c(Br)c1. The number of nitriles is 1. The van der Waals surface area contributed by atoms with E-state index in [1.165, 1.54) is 0 Å². The highest BCUT2D eigenvalue weighted by Crippen LogP contribution is 2.22. The van der Waals surface area contributed by atoms with Gasteiger partial charge in [-0.2, -0.15) is 10.4 Å². The smallest absolute Gasteiger partial charge is 0.180 e. The fraction of sp³-hybridized carbons (Fsp3) is 0.0625. The van der Waals surface area contributed by atoms with E-state index in [1.807, 2.05) is 42.5 Å². The highest BCUT2D eigenvalue weighted by molar-refractivity contribution is 9.10. The summed E-state index contributed by atoms with van der Waals surface area (Å²) in [6, 6.07) is 15.6. The third kappa shape index (κ3) is 3.15. The van der Waals surface area contributed by atoms with Crippen molar-refractivity contribution in [3.8, 4) is 17.5 Å². The highest BCUT2D eigenvalue weighted by atomic mass is 79.9. The normalized spacial score (nSPS) is 10.2. The molecule has 0 spiro atoms. The number of aromatic amines is 1. The zero-order valence-corrected chi connectivity index (χ0v) is 13.1. The molecule has 108 valence electrons. The maximum Gasteiger partial charge on any atom is 0.180 e. The molecule has 5 nitrogen and oxygen atoms in total. The van der Waals surface area contributed by atoms with E-state index in [-0.39, 0.29) is 0 Å². The summed E-state index contributed by atoms with van der Waals surface area (Å²) in [5.41, 5.74) is 3.66. The molecular weight excluding hydrogens is 342 g/mol. The standard InChI is InChI=1S/C16H12BrN5/c17-15-6-11(8-18)4-5-13(15)9-19-14-3-1-2-12(7-14)16-20-10-21-22-16/h1-7,10,19H,9H2,(H,20,21,22). The third-order valence-electron chi connectivity index (χ3n) is 3.20. The fourth-order valence-corrected chi connectivity index (χ4v) is 2.59. The molecule has 1 heterocycles. The number of benzene rings is 2. The van der Waals surface area contributed by atoms with Crippen molar-refractivity contribution in [3.63, 3.8) is 0 Å². The average Bonchev–Trinajstić information content (AvgIpc) is 3.08. The van der Waals surface area contributed by atoms with Gasteiger partial charge in [0.15, 0.2) is 5.82 Å². The lowest BCUT2D eigenvalue weighted by Gasteiger charge is -2.09. The van der Waals surface area contributed by atoms with Gasteiger partial charge in [-0.1, -0.05) is 34.1 Å². The van der Waals surface area contributed by atoms with E-state index in [0.717, 1.165) is 21.3 Å². The van der Waals surface area contributed by atoms with E-state index in [4.69, 9.17) is 5.26 Å². The molecule has 0 atom stereocenters. The van der Waals surface area contributed by atoms with Gasteiger partial charge in [0.1, 0.15) is 6.33 Å². The minimum Gasteiger partial charge on any atom is -0.381 e. The Labute approximate surface area is 136 Å². The third-order valence-corrected chi connectivity index (χ3v) is 3.94. The van der Waals surface area contributed by atoms with Crippen molar-refractivity contribution in [2.75, 3.05) is 5.32 Å². The van der Waals surface area contributed by atoms with E-state index in [0.29, 0.717) is 17.9 Å². The molecule has 0 aliphatic rings. The largest absolute Gasteiger partial charge is 0.381 e. The van der Waals surface area contributed by atoms with Gasteiger partial charge in [-0.25, -0.2) is 4.98 Å². The van der Waals surface area contributed by atoms with E-state index in [2.05, 4.69) is 42.5 Å². The van der Waals surface area contributed by atoms with Crippen LogP contribution in [-0.4, -0.2) is 15.2 Å². The van der Waals surface area contributed by atoms with Crippen molar-refractivity contribution < 1.29 is 0 Å². The van der Waals surface area contributed by atoms with Gasteiger partial charge in [0.05, 0.1) is 11.6 Å². The Morgan fingerprint density at radius 2 is 2.14 bits per heavy atom. The van der Waals surface area contributed by atoms with Crippen LogP contribution in [0.15, 0.2) is 53.3 Å². The van der Waals surface area contributed by atoms with Crippen molar-refractivity contribution in [1.82, 2.24) is 15.2 Å². The number of rotatable bonds is 4. The molecule has 0 unspecified atom stereocenters. The number of hydrogen-bond donors (Lipinski definition) is 2. The fourth-order valence-electron chi connectivity index (χ4n) is 2.07. The number of H-pyrrole nitrogens is 1. The Hall–Kier alpha value is -2.65. The molecule has 0 saturated heterocycles. The molecule has 3 rings (SSSR count). The van der Waals surface area contributed by atoms with Crippen molar-refractivity contribution in [2.45, 2.75) is 6.54 Å². The van der Waals surface area contributed by atoms with Crippen LogP contribution >= 0.6 is 15.9 Å². The van der Waals surface area contributed by atoms with Gasteiger partial charge in [0.25, 0.3) is 0 Å². The number of anilines is 1. The van der Waals surface area contributed by atoms with E-state index >= 15 is 0 Å². The van der Waals surface area contributed by atoms with Crippen LogP contribution in [0.25, 0.3) is 11.4 Å². The maximum atomic E-state index is 8.88. The highest BCUT2D eigenvalue weighted by Gasteiger charge is 2.04. The molecule has 6 heteroatoms. The number of nitrogens with one attached hydrogen (secondary N) is 2. The Kier molecular flexibility index (Phi) is 4.17. The van der Waals surface area contributed by atoms with Gasteiger partial charge in [0, 0.05) is 22.3 Å². The first-order valence-electron chi connectivity index (χ1n) is 6.65. The summed E-state index contributed by atoms with van der Waals surface area (Å²) < 4.78 is 0.921. The van der Waals surface area contributed by atoms with E-state index in [1.54, 1.807) is 6.33 Å². The van der Waals surface area contributed by atoms with Crippen LogP contribution in [-0.2, 0) is 6.54 Å². The van der Waals surface area contributed by atoms with Crippen LogP contribution in [0.5, 0.6) is 0 Å². The Balaban J connectivity index is 1.75. The Morgan fingerprint density at radius 3 is 2.86 bits per heavy atom. The predicted molar refractivity (Wildman–Crippen MR) is 88.0 cm³/mol. The van der Waals surface area contributed by atoms with E-state index < -0.39 is 0 Å². The summed E-state index contributed by atoms with van der Waals surface area (Å²) >= 11 is 3.49. The summed E-state index contributed by atoms with van der Waals surface area (Å²) in [7, 11) is 0. The first-order chi connectivity index (χ1) is 10.8. The summed E-state index contributed by atoms with van der Waals surface area (Å²) in [5, 5.41) is 19.0. The molecule has 2 N–H and O–H groups in total. The Bertz CT molecular complexity index is 821. The van der Waals surface area contributed by atoms with Gasteiger partial charge >= 0.3 is 0 Å². The van der Waals surface area contributed by atoms with Gasteiger partial charge in [-0.3, -0.25) is 5.10 Å². The molecule has 22 heavy (non-hydrogen) atoms. The second-order valence-corrected chi connectivity index (χ2v) is 5.53. The van der Waals surface area contributed by atoms with Crippen molar-refractivity contribution in [1.29, 1.82) is 5.26 Å². The Morgan fingerprint density at radius 1 is 1.23 bits per heavy atom. The van der Waals surface area contributed by atoms with Crippen LogP contribution < -0.4 is 5.32 Å². The molecule has 0 saturated carbocycles. The maximum absolute atomic E-state index is 8.88. The summed E-state index contributed by atoms with van der Waals surface area (Å²) in [6.07, 6.45) is 1.56. The summed E-state index contributed by atoms with van der Waals surface area (Å²) in [5.74, 6) is 0.670. The van der Waals surface area contributed by atoms with Gasteiger partial charge < -0.3 is 5.32 Å². The lowest BCUT2D eigenvalue weighted by Crippen LogP contribution is -2.00. The van der Waals surface area contributed by atoms with Crippen LogP contribution in [0.2, 0.25) is 0 Å². The zero-order chi connectivity index (χ0) is 15.4. The quantitative estimate of drug-likeness (QED) is 0.749. The first-order valence-corrected chi connectivity index (χ1v) is 7.44. The molecular formula is C16H12BrN5. The minimum atomic E-state index is 0.641. The van der Waals surface area contributed by atoms with Crippen LogP contribution in [0.3, 0.4) is 0 Å². The van der Waals surface area contributed by atoms with Gasteiger partial charge in [-0.05, 0) is 29.8 Å². The number of halogens is 1. The number of aromatic nitrogens is 3. The summed E-state index contributed by atoms with van der Waals surface area (Å²) in [6.45, 7) is 0.656. The molecule has 0 fully saturated rings. The van der Waals surface area contributed by atoms with Crippen LogP contribution in [0, 0.1) is 11.3 Å². The molecule has 0 aliphatic heterocycles. The first kappa shape index (κ1) is 14.3. The molecule has 0 bridgehead atoms. The zero-order valence-electron chi connectivity index (χ0n) is 11.5. The second kappa shape index (κ2) is 6.41. The van der Waals surface area contributed by atoms with Gasteiger partial charge in [0.2, 0.25) is 0 Å². The number of hydrogen-bond acceptors (Lipinski definition) is 4. The van der Waals surface area contributed by atoms with Crippen molar-refractivity contribution >= 4 is 21.6 Å². The van der Waals surface area contributed by atoms with Crippen molar-refractivity contribution in [2.24, 2.45) is 0 Å². The second-order valence-electron chi connectivity index (χ2n) is 4.68. The van der Waals surface area contributed by atoms with E-state index in [9.17, 15) is 0 Å². The minimum absolute atomic E-state index is 0.641. The molecule has 0 amide bonds. The summed E-state index contributed by atoms with van der Waals surface area (Å²) in [4.78, 5) is 4.15. The molecule has 2 aromatic carbocycles. The van der Waals surface area contributed by atoms with Crippen LogP contribution in [0.4, 0.5) is 5.69 Å². The lowest BCUT2D eigenvalue weighted by molar-refractivity contribution is 1.09. The molecule has 1 aromatic heterocycles. The molecule has 0 aliphatic carbocycles. The van der Waals surface area contributed by atoms with Crippen LogP contribution in [0.1, 0.15) is 11.1 Å². The average molecular weight is 354 g/mol. The predicted octanol–water partition coefficient (Wildman–Crippen LogP) is 3.72. The lowest BCUT2D eigenvalue weighted by atomic mass is 10.1. The monoisotopic (exact) mass is 353 g/mol.